The summed E-state index contributed by atoms with van der Waals surface area (Å²) >= 11 is 7.78. The van der Waals surface area contributed by atoms with Crippen molar-refractivity contribution < 1.29 is 9.53 Å². The molecule has 3 aromatic carbocycles. The topological polar surface area (TPSA) is 69.0 Å². The maximum Gasteiger partial charge on any atom is 0.234 e. The third-order valence-corrected chi connectivity index (χ3v) is 6.54. The number of nitrogens with zero attached hydrogens (tertiary/aromatic N) is 3. The number of thioether (sulfide) groups is 1. The van der Waals surface area contributed by atoms with Crippen LogP contribution in [-0.2, 0) is 4.79 Å². The van der Waals surface area contributed by atoms with Crippen molar-refractivity contribution in [2.75, 3.05) is 17.7 Å². The third kappa shape index (κ3) is 5.43. The van der Waals surface area contributed by atoms with E-state index in [0.717, 1.165) is 28.3 Å². The summed E-state index contributed by atoms with van der Waals surface area (Å²) in [5.74, 6) is 1.45. The smallest absolute Gasteiger partial charge is 0.234 e. The van der Waals surface area contributed by atoms with E-state index >= 15 is 0 Å². The highest BCUT2D eigenvalue weighted by Crippen LogP contribution is 2.32. The van der Waals surface area contributed by atoms with Crippen LogP contribution in [0.25, 0.3) is 17.1 Å². The van der Waals surface area contributed by atoms with Gasteiger partial charge < -0.3 is 10.1 Å². The molecule has 34 heavy (non-hydrogen) atoms. The predicted octanol–water partition coefficient (Wildman–Crippen LogP) is 6.33. The SMILES string of the molecule is CCOc1ccc(-n2c(SCC(=O)Nc3ccc(C)c(C)c3)nnc2-c2ccccc2Cl)cc1. The van der Waals surface area contributed by atoms with Gasteiger partial charge in [-0.25, -0.2) is 0 Å². The summed E-state index contributed by atoms with van der Waals surface area (Å²) in [5.41, 5.74) is 4.70. The van der Waals surface area contributed by atoms with Crippen molar-refractivity contribution in [3.63, 3.8) is 0 Å². The number of aromatic nitrogens is 3. The fourth-order valence-electron chi connectivity index (χ4n) is 3.42. The number of anilines is 1. The first-order valence-electron chi connectivity index (χ1n) is 10.9. The molecule has 0 aliphatic rings. The van der Waals surface area contributed by atoms with Crippen LogP contribution in [0.15, 0.2) is 71.9 Å². The first-order chi connectivity index (χ1) is 16.5. The minimum Gasteiger partial charge on any atom is -0.494 e. The summed E-state index contributed by atoms with van der Waals surface area (Å²) in [5, 5.41) is 12.9. The van der Waals surface area contributed by atoms with E-state index in [1.165, 1.54) is 17.3 Å². The van der Waals surface area contributed by atoms with E-state index in [0.29, 0.717) is 22.6 Å². The highest BCUT2D eigenvalue weighted by atomic mass is 35.5. The molecule has 1 aromatic heterocycles. The third-order valence-electron chi connectivity index (χ3n) is 5.28. The molecule has 4 aromatic rings. The Balaban J connectivity index is 1.61. The van der Waals surface area contributed by atoms with Crippen LogP contribution in [0.3, 0.4) is 0 Å². The van der Waals surface area contributed by atoms with Crippen molar-refractivity contribution in [2.45, 2.75) is 25.9 Å². The predicted molar refractivity (Wildman–Crippen MR) is 138 cm³/mol. The van der Waals surface area contributed by atoms with Crippen LogP contribution in [0.1, 0.15) is 18.1 Å². The Bertz CT molecular complexity index is 1300. The standard InChI is InChI=1S/C26H25ClN4O2S/c1-4-33-21-13-11-20(12-14-21)31-25(22-7-5-6-8-23(22)27)29-30-26(31)34-16-24(32)28-19-10-9-17(2)18(3)15-19/h5-15H,4,16H2,1-3H3,(H,28,32). The Kier molecular flexibility index (Phi) is 7.55. The molecule has 1 heterocycles. The lowest BCUT2D eigenvalue weighted by atomic mass is 10.1. The normalized spacial score (nSPS) is 10.8. The van der Waals surface area contributed by atoms with Gasteiger partial charge in [-0.3, -0.25) is 9.36 Å². The van der Waals surface area contributed by atoms with E-state index in [9.17, 15) is 4.79 Å². The molecule has 0 atom stereocenters. The number of carbonyl (C=O) groups excluding carboxylic acids is 1. The maximum atomic E-state index is 12.7. The number of amides is 1. The van der Waals surface area contributed by atoms with Gasteiger partial charge in [-0.15, -0.1) is 10.2 Å². The van der Waals surface area contributed by atoms with Crippen molar-refractivity contribution in [2.24, 2.45) is 0 Å². The number of benzene rings is 3. The molecule has 0 fully saturated rings. The molecule has 0 aliphatic carbocycles. The Morgan fingerprint density at radius 2 is 1.79 bits per heavy atom. The lowest BCUT2D eigenvalue weighted by Gasteiger charge is -2.12. The number of aryl methyl sites for hydroxylation is 2. The largest absolute Gasteiger partial charge is 0.494 e. The van der Waals surface area contributed by atoms with Crippen LogP contribution in [0.5, 0.6) is 5.75 Å². The summed E-state index contributed by atoms with van der Waals surface area (Å²) in [6.07, 6.45) is 0. The van der Waals surface area contributed by atoms with Gasteiger partial charge >= 0.3 is 0 Å². The molecule has 1 amide bonds. The fraction of sp³-hybridized carbons (Fsp3) is 0.192. The van der Waals surface area contributed by atoms with E-state index < -0.39 is 0 Å². The van der Waals surface area contributed by atoms with E-state index in [-0.39, 0.29) is 11.7 Å². The van der Waals surface area contributed by atoms with Crippen LogP contribution in [0.4, 0.5) is 5.69 Å². The van der Waals surface area contributed by atoms with Gasteiger partial charge in [0.25, 0.3) is 0 Å². The lowest BCUT2D eigenvalue weighted by molar-refractivity contribution is -0.113. The van der Waals surface area contributed by atoms with E-state index in [2.05, 4.69) is 15.5 Å². The molecule has 8 heteroatoms. The van der Waals surface area contributed by atoms with Crippen molar-refractivity contribution in [1.82, 2.24) is 14.8 Å². The summed E-state index contributed by atoms with van der Waals surface area (Å²) in [6.45, 7) is 6.60. The van der Waals surface area contributed by atoms with Crippen molar-refractivity contribution in [1.29, 1.82) is 0 Å². The lowest BCUT2D eigenvalue weighted by Crippen LogP contribution is -2.14. The average Bonchev–Trinajstić information content (AvgIpc) is 3.25. The summed E-state index contributed by atoms with van der Waals surface area (Å²) in [7, 11) is 0. The molecule has 0 unspecified atom stereocenters. The monoisotopic (exact) mass is 492 g/mol. The molecule has 6 nitrogen and oxygen atoms in total. The number of halogens is 1. The van der Waals surface area contributed by atoms with Crippen LogP contribution < -0.4 is 10.1 Å². The second kappa shape index (κ2) is 10.8. The molecule has 0 bridgehead atoms. The molecule has 0 spiro atoms. The molecule has 1 N–H and O–H groups in total. The second-order valence-electron chi connectivity index (χ2n) is 7.68. The molecule has 0 saturated heterocycles. The second-order valence-corrected chi connectivity index (χ2v) is 9.03. The summed E-state index contributed by atoms with van der Waals surface area (Å²) < 4.78 is 7.48. The number of rotatable bonds is 8. The summed E-state index contributed by atoms with van der Waals surface area (Å²) in [6, 6.07) is 21.0. The number of carbonyl (C=O) groups is 1. The molecule has 0 saturated carbocycles. The maximum absolute atomic E-state index is 12.7. The Morgan fingerprint density at radius 1 is 1.03 bits per heavy atom. The molecule has 4 rings (SSSR count). The van der Waals surface area contributed by atoms with Crippen LogP contribution in [-0.4, -0.2) is 33.0 Å². The highest BCUT2D eigenvalue weighted by molar-refractivity contribution is 7.99. The number of ether oxygens (including phenoxy) is 1. The van der Waals surface area contributed by atoms with Gasteiger partial charge in [-0.05, 0) is 80.4 Å². The molecule has 0 radical (unpaired) electrons. The Hall–Kier alpha value is -3.29. The van der Waals surface area contributed by atoms with Crippen molar-refractivity contribution >= 4 is 35.0 Å². The van der Waals surface area contributed by atoms with E-state index in [1.807, 2.05) is 92.1 Å². The van der Waals surface area contributed by atoms with E-state index in [1.54, 1.807) is 0 Å². The zero-order valence-electron chi connectivity index (χ0n) is 19.2. The minimum absolute atomic E-state index is 0.117. The van der Waals surface area contributed by atoms with Gasteiger partial charge in [0.1, 0.15) is 5.75 Å². The first-order valence-corrected chi connectivity index (χ1v) is 12.3. The summed E-state index contributed by atoms with van der Waals surface area (Å²) in [4.78, 5) is 12.7. The van der Waals surface area contributed by atoms with Crippen molar-refractivity contribution in [3.05, 3.63) is 82.9 Å². The fourth-order valence-corrected chi connectivity index (χ4v) is 4.39. The van der Waals surface area contributed by atoms with Gasteiger partial charge in [-0.1, -0.05) is 41.6 Å². The first kappa shape index (κ1) is 23.9. The Morgan fingerprint density at radius 3 is 2.50 bits per heavy atom. The number of hydrogen-bond donors (Lipinski definition) is 1. The van der Waals surface area contributed by atoms with Crippen LogP contribution >= 0.6 is 23.4 Å². The zero-order chi connectivity index (χ0) is 24.1. The Labute approximate surface area is 208 Å². The average molecular weight is 493 g/mol. The van der Waals surface area contributed by atoms with Crippen molar-refractivity contribution in [3.8, 4) is 22.8 Å². The molecule has 174 valence electrons. The van der Waals surface area contributed by atoms with Gasteiger partial charge in [0.05, 0.1) is 17.4 Å². The van der Waals surface area contributed by atoms with Crippen LogP contribution in [0, 0.1) is 13.8 Å². The highest BCUT2D eigenvalue weighted by Gasteiger charge is 2.19. The molecular formula is C26H25ClN4O2S. The van der Waals surface area contributed by atoms with Gasteiger partial charge in [0.15, 0.2) is 11.0 Å². The number of hydrogen-bond acceptors (Lipinski definition) is 5. The molecular weight excluding hydrogens is 468 g/mol. The van der Waals surface area contributed by atoms with E-state index in [4.69, 9.17) is 16.3 Å². The molecule has 0 aliphatic heterocycles. The van der Waals surface area contributed by atoms with Gasteiger partial charge in [-0.2, -0.15) is 0 Å². The minimum atomic E-state index is -0.117. The zero-order valence-corrected chi connectivity index (χ0v) is 20.8. The van der Waals surface area contributed by atoms with Crippen LogP contribution in [0.2, 0.25) is 5.02 Å². The van der Waals surface area contributed by atoms with Gasteiger partial charge in [0, 0.05) is 16.9 Å². The number of nitrogens with one attached hydrogen (secondary N) is 1. The van der Waals surface area contributed by atoms with Gasteiger partial charge in [0.2, 0.25) is 5.91 Å². The quantitative estimate of drug-likeness (QED) is 0.291.